The molecule has 0 unspecified atom stereocenters. The lowest BCUT2D eigenvalue weighted by Gasteiger charge is -2.23. The van der Waals surface area contributed by atoms with Crippen molar-refractivity contribution >= 4 is 58.8 Å². The lowest BCUT2D eigenvalue weighted by Crippen LogP contribution is -2.52. The molecule has 13 nitrogen and oxygen atoms in total. The van der Waals surface area contributed by atoms with Gasteiger partial charge in [0, 0.05) is 23.5 Å². The molecule has 0 spiro atoms. The summed E-state index contributed by atoms with van der Waals surface area (Å²) in [5, 5.41) is 32.4. The summed E-state index contributed by atoms with van der Waals surface area (Å²) in [6, 6.07) is 11.8. The number of hydrogen-bond donors (Lipinski definition) is 7. The smallest absolute Gasteiger partial charge is 0.327 e. The van der Waals surface area contributed by atoms with Gasteiger partial charge < -0.3 is 36.8 Å². The Labute approximate surface area is 285 Å². The second-order valence-corrected chi connectivity index (χ2v) is 14.2. The van der Waals surface area contributed by atoms with Gasteiger partial charge in [-0.1, -0.05) is 65.0 Å². The SMILES string of the molecule is CC(C)C[C@H](NC(=O)Cc1ccc(NC(=O)Nc2ccccc2)cc1)C(=O)N[C@@H](CCSC[C@H](NC(=O)CC(C)(C)C)C(=O)O)C(=O)O. The van der Waals surface area contributed by atoms with Gasteiger partial charge in [0.15, 0.2) is 0 Å². The van der Waals surface area contributed by atoms with E-state index in [1.54, 1.807) is 48.5 Å². The second-order valence-electron chi connectivity index (χ2n) is 13.0. The first-order chi connectivity index (χ1) is 22.5. The first-order valence-corrected chi connectivity index (χ1v) is 16.8. The van der Waals surface area contributed by atoms with Gasteiger partial charge in [-0.2, -0.15) is 11.8 Å². The number of aliphatic carboxylic acids is 2. The lowest BCUT2D eigenvalue weighted by atomic mass is 9.92. The fraction of sp³-hybridized carbons (Fsp3) is 0.471. The monoisotopic (exact) mass is 685 g/mol. The van der Waals surface area contributed by atoms with Crippen molar-refractivity contribution in [2.45, 2.75) is 78.4 Å². The van der Waals surface area contributed by atoms with Gasteiger partial charge in [-0.15, -0.1) is 0 Å². The molecule has 14 heteroatoms. The predicted molar refractivity (Wildman–Crippen MR) is 186 cm³/mol. The third-order valence-electron chi connectivity index (χ3n) is 6.74. The van der Waals surface area contributed by atoms with E-state index in [4.69, 9.17) is 0 Å². The number of carboxylic acids is 2. The zero-order valence-electron chi connectivity index (χ0n) is 28.0. The van der Waals surface area contributed by atoms with E-state index in [1.807, 2.05) is 40.7 Å². The summed E-state index contributed by atoms with van der Waals surface area (Å²) in [6.45, 7) is 9.34. The molecule has 0 aliphatic rings. The Hall–Kier alpha value is -4.59. The molecular formula is C34H47N5O8S. The molecule has 0 radical (unpaired) electrons. The van der Waals surface area contributed by atoms with Crippen LogP contribution in [0, 0.1) is 11.3 Å². The molecule has 2 aromatic carbocycles. The van der Waals surface area contributed by atoms with E-state index in [9.17, 15) is 39.0 Å². The Bertz CT molecular complexity index is 1400. The average molecular weight is 686 g/mol. The summed E-state index contributed by atoms with van der Waals surface area (Å²) in [6.07, 6.45) is 0.378. The number of benzene rings is 2. The van der Waals surface area contributed by atoms with Crippen molar-refractivity contribution in [2.75, 3.05) is 22.1 Å². The summed E-state index contributed by atoms with van der Waals surface area (Å²) in [5.74, 6) is -3.69. The van der Waals surface area contributed by atoms with Crippen LogP contribution in [0.5, 0.6) is 0 Å². The molecule has 2 aromatic rings. The van der Waals surface area contributed by atoms with Gasteiger partial charge in [0.1, 0.15) is 18.1 Å². The number of carbonyl (C=O) groups is 6. The standard InChI is InChI=1S/C34H47N5O8S/c1-21(2)17-26(37-28(40)18-22-11-13-24(14-12-22)36-33(47)35-23-9-7-6-8-10-23)30(42)39-25(31(43)44)15-16-48-20-27(32(45)46)38-29(41)19-34(3,4)5/h6-14,21,25-27H,15-20H2,1-5H3,(H,37,40)(H,38,41)(H,39,42)(H,43,44)(H,45,46)(H2,35,36,47)/t25-,26-,27-/m0/s1. The third-order valence-corrected chi connectivity index (χ3v) is 7.83. The predicted octanol–water partition coefficient (Wildman–Crippen LogP) is 4.10. The van der Waals surface area contributed by atoms with E-state index in [0.717, 1.165) is 11.8 Å². The van der Waals surface area contributed by atoms with Gasteiger partial charge in [0.05, 0.1) is 6.42 Å². The van der Waals surface area contributed by atoms with Crippen molar-refractivity contribution in [3.63, 3.8) is 0 Å². The first kappa shape index (κ1) is 39.6. The fourth-order valence-corrected chi connectivity index (χ4v) is 5.52. The zero-order chi connectivity index (χ0) is 35.9. The molecule has 7 N–H and O–H groups in total. The molecule has 0 heterocycles. The molecule has 2 rings (SSSR count). The van der Waals surface area contributed by atoms with Gasteiger partial charge in [-0.25, -0.2) is 14.4 Å². The van der Waals surface area contributed by atoms with Crippen molar-refractivity contribution in [3.05, 3.63) is 60.2 Å². The normalized spacial score (nSPS) is 13.0. The van der Waals surface area contributed by atoms with E-state index >= 15 is 0 Å². The highest BCUT2D eigenvalue weighted by atomic mass is 32.2. The van der Waals surface area contributed by atoms with Crippen molar-refractivity contribution in [3.8, 4) is 0 Å². The van der Waals surface area contributed by atoms with Gasteiger partial charge >= 0.3 is 18.0 Å². The molecule has 0 bridgehead atoms. The Morgan fingerprint density at radius 3 is 1.83 bits per heavy atom. The molecule has 0 aromatic heterocycles. The number of hydrogen-bond acceptors (Lipinski definition) is 7. The summed E-state index contributed by atoms with van der Waals surface area (Å²) in [5.41, 5.74) is 1.48. The Kier molecular flexibility index (Phi) is 15.9. The minimum Gasteiger partial charge on any atom is -0.480 e. The average Bonchev–Trinajstić information content (AvgIpc) is 2.97. The lowest BCUT2D eigenvalue weighted by molar-refractivity contribution is -0.142. The maximum Gasteiger partial charge on any atom is 0.327 e. The number of carboxylic acid groups (broad SMARTS) is 2. The maximum atomic E-state index is 13.2. The summed E-state index contributed by atoms with van der Waals surface area (Å²) >= 11 is 1.15. The molecular weight excluding hydrogens is 638 g/mol. The van der Waals surface area contributed by atoms with Crippen LogP contribution in [0.15, 0.2) is 54.6 Å². The topological polar surface area (TPSA) is 203 Å². The van der Waals surface area contributed by atoms with Crippen LogP contribution in [0.1, 0.15) is 59.4 Å². The van der Waals surface area contributed by atoms with Crippen molar-refractivity contribution in [1.29, 1.82) is 0 Å². The van der Waals surface area contributed by atoms with Crippen LogP contribution >= 0.6 is 11.8 Å². The Morgan fingerprint density at radius 2 is 1.29 bits per heavy atom. The summed E-state index contributed by atoms with van der Waals surface area (Å²) < 4.78 is 0. The number of para-hydroxylation sites is 1. The quantitative estimate of drug-likeness (QED) is 0.113. The highest BCUT2D eigenvalue weighted by molar-refractivity contribution is 7.99. The molecule has 262 valence electrons. The zero-order valence-corrected chi connectivity index (χ0v) is 28.8. The number of anilines is 2. The number of nitrogens with one attached hydrogen (secondary N) is 5. The van der Waals surface area contributed by atoms with Crippen LogP contribution in [-0.2, 0) is 30.4 Å². The van der Waals surface area contributed by atoms with Crippen molar-refractivity contribution in [2.24, 2.45) is 11.3 Å². The van der Waals surface area contributed by atoms with E-state index < -0.39 is 47.9 Å². The van der Waals surface area contributed by atoms with Crippen LogP contribution in [0.2, 0.25) is 0 Å². The minimum atomic E-state index is -1.27. The number of thioether (sulfide) groups is 1. The van der Waals surface area contributed by atoms with Crippen LogP contribution in [-0.4, -0.2) is 75.5 Å². The fourth-order valence-electron chi connectivity index (χ4n) is 4.49. The largest absolute Gasteiger partial charge is 0.480 e. The van der Waals surface area contributed by atoms with Crippen LogP contribution in [0.3, 0.4) is 0 Å². The number of carbonyl (C=O) groups excluding carboxylic acids is 4. The van der Waals surface area contributed by atoms with Gasteiger partial charge in [-0.05, 0) is 59.8 Å². The number of urea groups is 1. The molecule has 0 saturated carbocycles. The summed E-state index contributed by atoms with van der Waals surface area (Å²) in [7, 11) is 0. The molecule has 0 fully saturated rings. The van der Waals surface area contributed by atoms with Crippen molar-refractivity contribution in [1.82, 2.24) is 16.0 Å². The Morgan fingerprint density at radius 1 is 0.729 bits per heavy atom. The van der Waals surface area contributed by atoms with E-state index in [2.05, 4.69) is 26.6 Å². The van der Waals surface area contributed by atoms with Crippen LogP contribution in [0.4, 0.5) is 16.2 Å². The van der Waals surface area contributed by atoms with E-state index in [0.29, 0.717) is 16.9 Å². The number of rotatable bonds is 18. The summed E-state index contributed by atoms with van der Waals surface area (Å²) in [4.78, 5) is 74.1. The molecule has 0 saturated heterocycles. The molecule has 48 heavy (non-hydrogen) atoms. The first-order valence-electron chi connectivity index (χ1n) is 15.7. The van der Waals surface area contributed by atoms with Gasteiger partial charge in [0.25, 0.3) is 0 Å². The maximum absolute atomic E-state index is 13.2. The molecule has 3 atom stereocenters. The molecule has 5 amide bonds. The van der Waals surface area contributed by atoms with Crippen LogP contribution < -0.4 is 26.6 Å². The van der Waals surface area contributed by atoms with Gasteiger partial charge in [-0.3, -0.25) is 14.4 Å². The van der Waals surface area contributed by atoms with E-state index in [-0.39, 0.29) is 54.4 Å². The second kappa shape index (κ2) is 19.3. The third kappa shape index (κ3) is 15.8. The number of amides is 5. The van der Waals surface area contributed by atoms with Crippen LogP contribution in [0.25, 0.3) is 0 Å². The highest BCUT2D eigenvalue weighted by Gasteiger charge is 2.28. The highest BCUT2D eigenvalue weighted by Crippen LogP contribution is 2.18. The van der Waals surface area contributed by atoms with Gasteiger partial charge in [0.2, 0.25) is 17.7 Å². The Balaban J connectivity index is 1.90. The molecule has 0 aliphatic heterocycles. The minimum absolute atomic E-state index is 0.000116. The van der Waals surface area contributed by atoms with E-state index in [1.165, 1.54) is 0 Å². The van der Waals surface area contributed by atoms with Crippen molar-refractivity contribution < 1.29 is 39.0 Å². The molecule has 0 aliphatic carbocycles.